The lowest BCUT2D eigenvalue weighted by atomic mass is 10.2. The number of ether oxygens (including phenoxy) is 1. The van der Waals surface area contributed by atoms with Crippen molar-refractivity contribution in [2.45, 2.75) is 13.5 Å². The van der Waals surface area contributed by atoms with Gasteiger partial charge in [0.25, 0.3) is 0 Å². The summed E-state index contributed by atoms with van der Waals surface area (Å²) in [7, 11) is 0. The number of rotatable bonds is 3. The maximum atomic E-state index is 12.7. The zero-order valence-electron chi connectivity index (χ0n) is 12.5. The molecule has 0 radical (unpaired) electrons. The third-order valence-electron chi connectivity index (χ3n) is 3.53. The fourth-order valence-corrected chi connectivity index (χ4v) is 2.99. The van der Waals surface area contributed by atoms with E-state index in [-0.39, 0.29) is 12.3 Å². The van der Waals surface area contributed by atoms with Gasteiger partial charge in [-0.1, -0.05) is 30.3 Å². The van der Waals surface area contributed by atoms with Gasteiger partial charge in [-0.15, -0.1) is 0 Å². The summed E-state index contributed by atoms with van der Waals surface area (Å²) in [5.74, 6) is 0. The quantitative estimate of drug-likeness (QED) is 0.608. The summed E-state index contributed by atoms with van der Waals surface area (Å²) in [5.41, 5.74) is 1.89. The van der Waals surface area contributed by atoms with Crippen LogP contribution in [-0.4, -0.2) is 21.8 Å². The summed E-state index contributed by atoms with van der Waals surface area (Å²) >= 11 is 2.16. The van der Waals surface area contributed by atoms with Gasteiger partial charge in [0.2, 0.25) is 0 Å². The Balaban J connectivity index is 2.20. The molecule has 0 atom stereocenters. The molecule has 3 rings (SSSR count). The second-order valence-corrected chi connectivity index (χ2v) is 6.27. The molecule has 0 aliphatic carbocycles. The molecule has 0 bridgehead atoms. The van der Waals surface area contributed by atoms with E-state index in [9.17, 15) is 9.59 Å². The van der Waals surface area contributed by atoms with Gasteiger partial charge in [0.1, 0.15) is 0 Å². The molecule has 0 saturated carbocycles. The third kappa shape index (κ3) is 3.03. The molecule has 0 N–H and O–H groups in total. The van der Waals surface area contributed by atoms with E-state index in [1.54, 1.807) is 11.5 Å². The molecule has 0 fully saturated rings. The van der Waals surface area contributed by atoms with Crippen LogP contribution in [0.5, 0.6) is 0 Å². The Morgan fingerprint density at radius 3 is 2.57 bits per heavy atom. The molecule has 6 heteroatoms. The second-order valence-electron chi connectivity index (χ2n) is 5.02. The van der Waals surface area contributed by atoms with Crippen LogP contribution in [0.25, 0.3) is 11.0 Å². The van der Waals surface area contributed by atoms with Gasteiger partial charge in [0, 0.05) is 3.57 Å². The van der Waals surface area contributed by atoms with Crippen molar-refractivity contribution in [3.05, 3.63) is 68.1 Å². The molecular weight excluding hydrogens is 407 g/mol. The number of carbonyl (C=O) groups is 1. The van der Waals surface area contributed by atoms with Gasteiger partial charge in [-0.2, -0.15) is 4.57 Å². The van der Waals surface area contributed by atoms with Crippen LogP contribution in [0.15, 0.2) is 53.3 Å². The van der Waals surface area contributed by atoms with E-state index in [2.05, 4.69) is 22.6 Å². The smallest absolute Gasteiger partial charge is 0.422 e. The normalized spacial score (nSPS) is 10.9. The summed E-state index contributed by atoms with van der Waals surface area (Å²) in [5, 5.41) is 0. The minimum absolute atomic E-state index is 0.223. The molecule has 0 spiro atoms. The van der Waals surface area contributed by atoms with Gasteiger partial charge in [-0.25, -0.2) is 9.59 Å². The summed E-state index contributed by atoms with van der Waals surface area (Å²) in [4.78, 5) is 24.9. The van der Waals surface area contributed by atoms with E-state index in [4.69, 9.17) is 4.74 Å². The fraction of sp³-hybridized carbons (Fsp3) is 0.176. The average Bonchev–Trinajstić information content (AvgIpc) is 2.80. The number of imidazole rings is 1. The first-order chi connectivity index (χ1) is 11.1. The highest BCUT2D eigenvalue weighted by atomic mass is 127. The van der Waals surface area contributed by atoms with Crippen LogP contribution in [0.1, 0.15) is 12.5 Å². The van der Waals surface area contributed by atoms with Gasteiger partial charge < -0.3 is 4.74 Å². The lowest BCUT2D eigenvalue weighted by molar-refractivity contribution is 0.154. The topological polar surface area (TPSA) is 53.2 Å². The minimum Gasteiger partial charge on any atom is -0.449 e. The Hall–Kier alpha value is -2.09. The predicted octanol–water partition coefficient (Wildman–Crippen LogP) is 3.46. The third-order valence-corrected chi connectivity index (χ3v) is 4.20. The number of aromatic nitrogens is 2. The van der Waals surface area contributed by atoms with Gasteiger partial charge in [0.15, 0.2) is 0 Å². The fourth-order valence-electron chi connectivity index (χ4n) is 2.51. The predicted molar refractivity (Wildman–Crippen MR) is 96.9 cm³/mol. The highest BCUT2D eigenvalue weighted by Gasteiger charge is 2.19. The SMILES string of the molecule is CCOC(=O)n1c(=O)n(Cc2ccccc2)c2ccc(I)cc21. The van der Waals surface area contributed by atoms with Crippen molar-refractivity contribution in [1.82, 2.24) is 9.13 Å². The summed E-state index contributed by atoms with van der Waals surface area (Å²) in [6.45, 7) is 2.35. The van der Waals surface area contributed by atoms with Crippen LogP contribution in [0.3, 0.4) is 0 Å². The lowest BCUT2D eigenvalue weighted by Crippen LogP contribution is -2.30. The first-order valence-corrected chi connectivity index (χ1v) is 8.31. The second kappa shape index (κ2) is 6.57. The number of nitrogens with zero attached hydrogens (tertiary/aromatic N) is 2. The molecular formula is C17H15IN2O3. The van der Waals surface area contributed by atoms with Crippen LogP contribution in [0.4, 0.5) is 4.79 Å². The van der Waals surface area contributed by atoms with Crippen molar-refractivity contribution in [1.29, 1.82) is 0 Å². The van der Waals surface area contributed by atoms with Gasteiger partial charge >= 0.3 is 11.8 Å². The van der Waals surface area contributed by atoms with Crippen molar-refractivity contribution in [3.8, 4) is 0 Å². The van der Waals surface area contributed by atoms with Gasteiger partial charge in [0.05, 0.1) is 24.2 Å². The van der Waals surface area contributed by atoms with E-state index in [1.165, 1.54) is 0 Å². The molecule has 0 saturated heterocycles. The lowest BCUT2D eigenvalue weighted by Gasteiger charge is -2.03. The van der Waals surface area contributed by atoms with E-state index in [1.807, 2.05) is 48.5 Å². The Labute approximate surface area is 146 Å². The Bertz CT molecular complexity index is 913. The van der Waals surface area contributed by atoms with Gasteiger partial charge in [-0.05, 0) is 53.3 Å². The van der Waals surface area contributed by atoms with Crippen LogP contribution < -0.4 is 5.69 Å². The monoisotopic (exact) mass is 422 g/mol. The van der Waals surface area contributed by atoms with E-state index < -0.39 is 6.09 Å². The molecule has 118 valence electrons. The highest BCUT2D eigenvalue weighted by molar-refractivity contribution is 14.1. The number of benzene rings is 2. The van der Waals surface area contributed by atoms with E-state index >= 15 is 0 Å². The molecule has 0 aliphatic heterocycles. The number of hydrogen-bond acceptors (Lipinski definition) is 3. The van der Waals surface area contributed by atoms with Crippen LogP contribution in [0.2, 0.25) is 0 Å². The highest BCUT2D eigenvalue weighted by Crippen LogP contribution is 2.18. The number of fused-ring (bicyclic) bond motifs is 1. The summed E-state index contributed by atoms with van der Waals surface area (Å²) in [6, 6.07) is 15.3. The Morgan fingerprint density at radius 1 is 1.13 bits per heavy atom. The molecule has 0 amide bonds. The summed E-state index contributed by atoms with van der Waals surface area (Å²) < 4.78 is 8.67. The van der Waals surface area contributed by atoms with Crippen molar-refractivity contribution < 1.29 is 9.53 Å². The van der Waals surface area contributed by atoms with Crippen molar-refractivity contribution in [3.63, 3.8) is 0 Å². The molecule has 0 aliphatic rings. The molecule has 23 heavy (non-hydrogen) atoms. The number of hydrogen-bond donors (Lipinski definition) is 0. The van der Waals surface area contributed by atoms with Crippen LogP contribution >= 0.6 is 22.6 Å². The first-order valence-electron chi connectivity index (χ1n) is 7.23. The molecule has 1 aromatic heterocycles. The zero-order valence-corrected chi connectivity index (χ0v) is 14.7. The Morgan fingerprint density at radius 2 is 1.87 bits per heavy atom. The average molecular weight is 422 g/mol. The maximum Gasteiger partial charge on any atom is 0.422 e. The molecule has 5 nitrogen and oxygen atoms in total. The van der Waals surface area contributed by atoms with Crippen LogP contribution in [-0.2, 0) is 11.3 Å². The van der Waals surface area contributed by atoms with Crippen LogP contribution in [0, 0.1) is 3.57 Å². The molecule has 0 unspecified atom stereocenters. The Kier molecular flexibility index (Phi) is 4.51. The van der Waals surface area contributed by atoms with Gasteiger partial charge in [-0.3, -0.25) is 4.57 Å². The molecule has 2 aromatic carbocycles. The molecule has 3 aromatic rings. The number of carbonyl (C=O) groups excluding carboxylic acids is 1. The summed E-state index contributed by atoms with van der Waals surface area (Å²) in [6.07, 6.45) is -0.642. The number of halogens is 1. The van der Waals surface area contributed by atoms with Crippen molar-refractivity contribution in [2.75, 3.05) is 6.61 Å². The maximum absolute atomic E-state index is 12.7. The largest absolute Gasteiger partial charge is 0.449 e. The van der Waals surface area contributed by atoms with Crippen molar-refractivity contribution >= 4 is 39.7 Å². The van der Waals surface area contributed by atoms with E-state index in [0.29, 0.717) is 17.6 Å². The standard InChI is InChI=1S/C17H15IN2O3/c1-2-23-17(22)20-15-10-13(18)8-9-14(15)19(16(20)21)11-12-6-4-3-5-7-12/h3-10H,2,11H2,1H3. The minimum atomic E-state index is -0.642. The molecule has 1 heterocycles. The van der Waals surface area contributed by atoms with Crippen molar-refractivity contribution in [2.24, 2.45) is 0 Å². The first kappa shape index (κ1) is 15.8. The van der Waals surface area contributed by atoms with E-state index in [0.717, 1.165) is 13.7 Å². The zero-order chi connectivity index (χ0) is 16.4.